The molecule has 0 aromatic heterocycles. The van der Waals surface area contributed by atoms with Crippen molar-refractivity contribution in [1.29, 1.82) is 0 Å². The molecule has 0 spiro atoms. The van der Waals surface area contributed by atoms with E-state index in [1.807, 2.05) is 0 Å². The van der Waals surface area contributed by atoms with Crippen molar-refractivity contribution in [3.63, 3.8) is 0 Å². The lowest BCUT2D eigenvalue weighted by Crippen LogP contribution is -2.06. The molecule has 7 heteroatoms. The van der Waals surface area contributed by atoms with Gasteiger partial charge >= 0.3 is 10.2 Å². The molecule has 0 heterocycles. The molecule has 76 valence electrons. The first-order chi connectivity index (χ1) is 5.50. The fourth-order valence-electron chi connectivity index (χ4n) is 0.783. The van der Waals surface area contributed by atoms with Crippen LogP contribution in [-0.4, -0.2) is 0 Å². The molecular weight excluding hydrogens is 231 g/mol. The van der Waals surface area contributed by atoms with E-state index in [0.29, 0.717) is 6.07 Å². The quantitative estimate of drug-likeness (QED) is 0.533. The van der Waals surface area contributed by atoms with E-state index in [1.54, 1.807) is 0 Å². The van der Waals surface area contributed by atoms with Crippen LogP contribution in [0.3, 0.4) is 0 Å². The fourth-order valence-corrected chi connectivity index (χ4v) is 2.26. The van der Waals surface area contributed by atoms with Gasteiger partial charge < -0.3 is 0 Å². The summed E-state index contributed by atoms with van der Waals surface area (Å²) in [4.78, 5) is -2.70. The van der Waals surface area contributed by atoms with Crippen molar-refractivity contribution in [3.05, 3.63) is 24.3 Å². The van der Waals surface area contributed by atoms with Crippen LogP contribution < -0.4 is 0 Å². The van der Waals surface area contributed by atoms with E-state index in [0.717, 1.165) is 12.1 Å². The van der Waals surface area contributed by atoms with Gasteiger partial charge in [-0.15, -0.1) is 12.6 Å². The molecule has 1 aromatic rings. The second kappa shape index (κ2) is 2.14. The van der Waals surface area contributed by atoms with Crippen LogP contribution in [0.25, 0.3) is 0 Å². The average molecular weight is 236 g/mol. The third-order valence-electron chi connectivity index (χ3n) is 1.28. The molecule has 0 radical (unpaired) electrons. The van der Waals surface area contributed by atoms with E-state index in [4.69, 9.17) is 0 Å². The Morgan fingerprint density at radius 1 is 0.923 bits per heavy atom. The van der Waals surface area contributed by atoms with Crippen LogP contribution in [0.5, 0.6) is 0 Å². The summed E-state index contributed by atoms with van der Waals surface area (Å²) in [6, 6.07) is 3.29. The topological polar surface area (TPSA) is 0 Å². The molecule has 1 rings (SSSR count). The highest BCUT2D eigenvalue weighted by atomic mass is 32.5. The third kappa shape index (κ3) is 2.50. The molecule has 0 aliphatic heterocycles. The zero-order chi connectivity index (χ0) is 10.4. The van der Waals surface area contributed by atoms with Gasteiger partial charge in [0.1, 0.15) is 4.90 Å². The van der Waals surface area contributed by atoms with Gasteiger partial charge in [-0.05, 0) is 12.1 Å². The summed E-state index contributed by atoms with van der Waals surface area (Å²) in [5, 5.41) is 0. The van der Waals surface area contributed by atoms with Crippen LogP contribution in [0.1, 0.15) is 0 Å². The summed E-state index contributed by atoms with van der Waals surface area (Å²) in [5.74, 6) is 0. The first-order valence-corrected chi connectivity index (χ1v) is 5.43. The molecule has 0 nitrogen and oxygen atoms in total. The van der Waals surface area contributed by atoms with Gasteiger partial charge in [-0.2, -0.15) is 0 Å². The molecule has 0 N–H and O–H groups in total. The van der Waals surface area contributed by atoms with Crippen molar-refractivity contribution in [3.8, 4) is 0 Å². The van der Waals surface area contributed by atoms with Gasteiger partial charge in [0.2, 0.25) is 0 Å². The van der Waals surface area contributed by atoms with Gasteiger partial charge in [0.15, 0.2) is 0 Å². The van der Waals surface area contributed by atoms with E-state index >= 15 is 0 Å². The van der Waals surface area contributed by atoms with E-state index in [2.05, 4.69) is 12.6 Å². The van der Waals surface area contributed by atoms with Crippen molar-refractivity contribution in [2.24, 2.45) is 0 Å². The van der Waals surface area contributed by atoms with Crippen LogP contribution >= 0.6 is 22.9 Å². The largest absolute Gasteiger partial charge is 0.311 e. The molecule has 0 unspecified atom stereocenters. The average Bonchev–Trinajstić information content (AvgIpc) is 1.82. The van der Waals surface area contributed by atoms with Crippen LogP contribution in [0.2, 0.25) is 0 Å². The van der Waals surface area contributed by atoms with Crippen molar-refractivity contribution in [1.82, 2.24) is 0 Å². The Balaban J connectivity index is 3.50. The third-order valence-corrected chi connectivity index (χ3v) is 3.01. The predicted octanol–water partition coefficient (Wildman–Crippen LogP) is 4.63. The number of hydrogen-bond donors (Lipinski definition) is 1. The minimum atomic E-state index is -9.55. The molecule has 0 amide bonds. The Bertz CT molecular complexity index is 340. The van der Waals surface area contributed by atoms with Crippen LogP contribution in [0.15, 0.2) is 34.1 Å². The van der Waals surface area contributed by atoms with Gasteiger partial charge in [-0.1, -0.05) is 31.6 Å². The van der Waals surface area contributed by atoms with Crippen molar-refractivity contribution < 1.29 is 19.4 Å². The Morgan fingerprint density at radius 2 is 1.38 bits per heavy atom. The number of thiol groups is 1. The molecule has 0 fully saturated rings. The van der Waals surface area contributed by atoms with E-state index < -0.39 is 20.0 Å². The van der Waals surface area contributed by atoms with Gasteiger partial charge in [0, 0.05) is 4.90 Å². The van der Waals surface area contributed by atoms with Gasteiger partial charge in [0.25, 0.3) is 0 Å². The molecule has 0 saturated carbocycles. The first-order valence-electron chi connectivity index (χ1n) is 3.03. The zero-order valence-electron chi connectivity index (χ0n) is 6.05. The van der Waals surface area contributed by atoms with E-state index in [-0.39, 0.29) is 0 Å². The molecule has 0 bridgehead atoms. The van der Waals surface area contributed by atoms with Gasteiger partial charge in [-0.25, -0.2) is 0 Å². The SMILES string of the molecule is FS(F)(F)(F)(F)c1ccccc1S. The number of hydrogen-bond acceptors (Lipinski definition) is 1. The Labute approximate surface area is 76.9 Å². The van der Waals surface area contributed by atoms with Crippen LogP contribution in [-0.2, 0) is 0 Å². The molecular formula is C6H5F5S2. The van der Waals surface area contributed by atoms with Crippen molar-refractivity contribution in [2.75, 3.05) is 0 Å². The number of benzene rings is 1. The maximum Gasteiger partial charge on any atom is 0.311 e. The lowest BCUT2D eigenvalue weighted by molar-refractivity contribution is 0.361. The van der Waals surface area contributed by atoms with Gasteiger partial charge in [0.05, 0.1) is 0 Å². The second-order valence-electron chi connectivity index (χ2n) is 2.44. The first kappa shape index (κ1) is 10.6. The maximum absolute atomic E-state index is 12.2. The molecule has 0 aliphatic rings. The molecule has 0 atom stereocenters. The summed E-state index contributed by atoms with van der Waals surface area (Å²) >= 11 is 3.33. The Hall–Kier alpha value is -0.430. The highest BCUT2D eigenvalue weighted by molar-refractivity contribution is 8.45. The molecule has 1 aromatic carbocycles. The van der Waals surface area contributed by atoms with Crippen LogP contribution in [0, 0.1) is 0 Å². The lowest BCUT2D eigenvalue weighted by atomic mass is 10.4. The van der Waals surface area contributed by atoms with Gasteiger partial charge in [-0.3, -0.25) is 0 Å². The molecule has 0 saturated heterocycles. The summed E-state index contributed by atoms with van der Waals surface area (Å²) < 4.78 is 60.8. The predicted molar refractivity (Wildman–Crippen MR) is 45.1 cm³/mol. The van der Waals surface area contributed by atoms with Crippen molar-refractivity contribution >= 4 is 22.9 Å². The van der Waals surface area contributed by atoms with E-state index in [1.165, 1.54) is 6.07 Å². The fraction of sp³-hybridized carbons (Fsp3) is 0. The second-order valence-corrected chi connectivity index (χ2v) is 5.30. The monoisotopic (exact) mass is 236 g/mol. The number of rotatable bonds is 1. The minimum absolute atomic E-state index is 0.323. The summed E-state index contributed by atoms with van der Waals surface area (Å²) in [6.45, 7) is 0. The maximum atomic E-state index is 12.2. The zero-order valence-corrected chi connectivity index (χ0v) is 7.77. The highest BCUT2D eigenvalue weighted by Gasteiger charge is 2.66. The smallest absolute Gasteiger partial charge is 0.142 e. The highest BCUT2D eigenvalue weighted by Crippen LogP contribution is 3.02. The number of halogens is 5. The molecule has 0 aliphatic carbocycles. The standard InChI is InChI=1S/C6H5F5S2/c7-13(8,9,10,11)6-4-2-1-3-5(6)12/h1-4,12H. The van der Waals surface area contributed by atoms with Crippen LogP contribution in [0.4, 0.5) is 19.4 Å². The lowest BCUT2D eigenvalue weighted by Gasteiger charge is -2.41. The summed E-state index contributed by atoms with van der Waals surface area (Å²) in [5.41, 5.74) is 0. The summed E-state index contributed by atoms with van der Waals surface area (Å²) in [7, 11) is -9.55. The molecule has 13 heavy (non-hydrogen) atoms. The van der Waals surface area contributed by atoms with E-state index in [9.17, 15) is 19.4 Å². The Morgan fingerprint density at radius 3 is 1.69 bits per heavy atom. The normalized spacial score (nSPS) is 17.7. The Kier molecular flexibility index (Phi) is 1.75. The minimum Gasteiger partial charge on any atom is -0.142 e. The van der Waals surface area contributed by atoms with Crippen molar-refractivity contribution in [2.45, 2.75) is 9.79 Å². The summed E-state index contributed by atoms with van der Waals surface area (Å²) in [6.07, 6.45) is 0.